The molecule has 1 aromatic heterocycles. The number of benzene rings is 3. The van der Waals surface area contributed by atoms with E-state index in [4.69, 9.17) is 4.74 Å². The van der Waals surface area contributed by atoms with Crippen LogP contribution in [0.4, 0.5) is 5.95 Å². The standard InChI is InChI=1S/C23H19N5O2/c29-22-21(19-9-5-2-6-10-19)26-28-23(25-22)27-24-15-17-11-13-20(14-12-17)30-16-18-7-3-1-4-8-18/h1-15H,16H2,(H2,25,27,28,29)/b24-15+. The van der Waals surface area contributed by atoms with Crippen molar-refractivity contribution in [3.63, 3.8) is 0 Å². The number of anilines is 1. The minimum atomic E-state index is -0.339. The van der Waals surface area contributed by atoms with Gasteiger partial charge in [0.2, 0.25) is 5.95 Å². The van der Waals surface area contributed by atoms with Crippen LogP contribution in [0.2, 0.25) is 0 Å². The Morgan fingerprint density at radius 3 is 2.30 bits per heavy atom. The van der Waals surface area contributed by atoms with Gasteiger partial charge in [-0.25, -0.2) is 5.43 Å². The third kappa shape index (κ3) is 4.96. The molecule has 148 valence electrons. The molecule has 7 heteroatoms. The number of ether oxygens (including phenoxy) is 1. The molecule has 4 rings (SSSR count). The summed E-state index contributed by atoms with van der Waals surface area (Å²) in [5.74, 6) is 0.939. The van der Waals surface area contributed by atoms with Crippen molar-refractivity contribution in [2.24, 2.45) is 5.10 Å². The Morgan fingerprint density at radius 2 is 1.60 bits per heavy atom. The van der Waals surface area contributed by atoms with E-state index in [9.17, 15) is 4.79 Å². The summed E-state index contributed by atoms with van der Waals surface area (Å²) in [6.07, 6.45) is 1.62. The largest absolute Gasteiger partial charge is 0.489 e. The summed E-state index contributed by atoms with van der Waals surface area (Å²) >= 11 is 0. The molecule has 0 spiro atoms. The van der Waals surface area contributed by atoms with Gasteiger partial charge in [-0.15, -0.1) is 10.2 Å². The Morgan fingerprint density at radius 1 is 0.900 bits per heavy atom. The predicted octanol–water partition coefficient (Wildman–Crippen LogP) is 3.86. The van der Waals surface area contributed by atoms with Crippen LogP contribution in [0.3, 0.4) is 0 Å². The lowest BCUT2D eigenvalue weighted by atomic mass is 10.2. The Balaban J connectivity index is 1.34. The first kappa shape index (κ1) is 19.1. The summed E-state index contributed by atoms with van der Waals surface area (Å²) in [5.41, 5.74) is 5.29. The lowest BCUT2D eigenvalue weighted by molar-refractivity contribution is 0.306. The van der Waals surface area contributed by atoms with Crippen LogP contribution < -0.4 is 15.7 Å². The number of nitrogens with zero attached hydrogens (tertiary/aromatic N) is 3. The molecule has 0 aliphatic rings. The van der Waals surface area contributed by atoms with Crippen molar-refractivity contribution in [2.75, 3.05) is 5.43 Å². The molecule has 0 saturated carbocycles. The van der Waals surface area contributed by atoms with E-state index in [2.05, 4.69) is 25.7 Å². The van der Waals surface area contributed by atoms with Gasteiger partial charge < -0.3 is 4.74 Å². The first-order valence-electron chi connectivity index (χ1n) is 9.36. The molecular formula is C23H19N5O2. The fraction of sp³-hybridized carbons (Fsp3) is 0.0435. The van der Waals surface area contributed by atoms with E-state index in [1.165, 1.54) is 0 Å². The topological polar surface area (TPSA) is 92.3 Å². The highest BCUT2D eigenvalue weighted by Gasteiger charge is 2.06. The maximum atomic E-state index is 12.2. The van der Waals surface area contributed by atoms with E-state index in [0.717, 1.165) is 16.9 Å². The molecule has 0 amide bonds. The highest BCUT2D eigenvalue weighted by Crippen LogP contribution is 2.14. The normalized spacial score (nSPS) is 10.8. The smallest absolute Gasteiger partial charge is 0.279 e. The molecule has 0 radical (unpaired) electrons. The minimum absolute atomic E-state index is 0.166. The zero-order valence-electron chi connectivity index (χ0n) is 16.0. The van der Waals surface area contributed by atoms with Crippen LogP contribution in [0.1, 0.15) is 11.1 Å². The van der Waals surface area contributed by atoms with Gasteiger partial charge in [0.05, 0.1) is 6.21 Å². The Kier molecular flexibility index (Phi) is 5.91. The van der Waals surface area contributed by atoms with E-state index < -0.39 is 0 Å². The number of hydrazone groups is 1. The summed E-state index contributed by atoms with van der Waals surface area (Å²) in [6.45, 7) is 0.515. The van der Waals surface area contributed by atoms with E-state index in [-0.39, 0.29) is 17.2 Å². The molecule has 2 N–H and O–H groups in total. The van der Waals surface area contributed by atoms with Crippen molar-refractivity contribution >= 4 is 12.2 Å². The van der Waals surface area contributed by atoms with Gasteiger partial charge in [0, 0.05) is 5.56 Å². The number of rotatable bonds is 7. The van der Waals surface area contributed by atoms with Crippen molar-refractivity contribution in [3.05, 3.63) is 106 Å². The fourth-order valence-electron chi connectivity index (χ4n) is 2.73. The second kappa shape index (κ2) is 9.29. The van der Waals surface area contributed by atoms with Gasteiger partial charge in [-0.2, -0.15) is 5.10 Å². The van der Waals surface area contributed by atoms with Crippen LogP contribution in [-0.2, 0) is 6.61 Å². The van der Waals surface area contributed by atoms with Crippen molar-refractivity contribution in [1.29, 1.82) is 0 Å². The van der Waals surface area contributed by atoms with Gasteiger partial charge >= 0.3 is 0 Å². The summed E-state index contributed by atoms with van der Waals surface area (Å²) in [4.78, 5) is 14.8. The average molecular weight is 397 g/mol. The minimum Gasteiger partial charge on any atom is -0.489 e. The molecule has 7 nitrogen and oxygen atoms in total. The highest BCUT2D eigenvalue weighted by atomic mass is 16.5. The maximum Gasteiger partial charge on any atom is 0.279 e. The van der Waals surface area contributed by atoms with Crippen LogP contribution in [0.5, 0.6) is 5.75 Å². The van der Waals surface area contributed by atoms with Crippen molar-refractivity contribution < 1.29 is 4.74 Å². The lowest BCUT2D eigenvalue weighted by Crippen LogP contribution is -2.15. The van der Waals surface area contributed by atoms with Crippen LogP contribution >= 0.6 is 0 Å². The monoisotopic (exact) mass is 397 g/mol. The molecule has 0 bridgehead atoms. The number of hydrogen-bond donors (Lipinski definition) is 2. The third-order valence-electron chi connectivity index (χ3n) is 4.26. The third-order valence-corrected chi connectivity index (χ3v) is 4.26. The molecule has 4 aromatic rings. The molecule has 0 aliphatic heterocycles. The summed E-state index contributed by atoms with van der Waals surface area (Å²) in [7, 11) is 0. The molecule has 30 heavy (non-hydrogen) atoms. The SMILES string of the molecule is O=c1[nH]c(N/N=C/c2ccc(OCc3ccccc3)cc2)nnc1-c1ccccc1. The predicted molar refractivity (Wildman–Crippen MR) is 117 cm³/mol. The van der Waals surface area contributed by atoms with E-state index in [1.807, 2.05) is 72.8 Å². The van der Waals surface area contributed by atoms with E-state index in [0.29, 0.717) is 12.2 Å². The van der Waals surface area contributed by atoms with Gasteiger partial charge in [0.25, 0.3) is 5.56 Å². The quantitative estimate of drug-likeness (QED) is 0.365. The Hall–Kier alpha value is -4.26. The van der Waals surface area contributed by atoms with Crippen LogP contribution in [0.15, 0.2) is 94.8 Å². The van der Waals surface area contributed by atoms with Gasteiger partial charge in [-0.1, -0.05) is 60.7 Å². The second-order valence-electron chi connectivity index (χ2n) is 6.43. The number of hydrogen-bond acceptors (Lipinski definition) is 6. The highest BCUT2D eigenvalue weighted by molar-refractivity contribution is 5.80. The summed E-state index contributed by atoms with van der Waals surface area (Å²) in [6, 6.07) is 26.7. The lowest BCUT2D eigenvalue weighted by Gasteiger charge is -2.06. The molecule has 0 saturated heterocycles. The average Bonchev–Trinajstić information content (AvgIpc) is 2.80. The maximum absolute atomic E-state index is 12.2. The van der Waals surface area contributed by atoms with Crippen LogP contribution in [0.25, 0.3) is 11.3 Å². The second-order valence-corrected chi connectivity index (χ2v) is 6.43. The molecule has 0 unspecified atom stereocenters. The molecule has 1 heterocycles. The van der Waals surface area contributed by atoms with Crippen molar-refractivity contribution in [2.45, 2.75) is 6.61 Å². The Labute approximate surface area is 173 Å². The van der Waals surface area contributed by atoms with Gasteiger partial charge in [0.15, 0.2) is 5.69 Å². The first-order valence-corrected chi connectivity index (χ1v) is 9.36. The zero-order valence-corrected chi connectivity index (χ0v) is 16.0. The number of aromatic nitrogens is 3. The summed E-state index contributed by atoms with van der Waals surface area (Å²) in [5, 5.41) is 12.0. The number of nitrogens with one attached hydrogen (secondary N) is 2. The van der Waals surface area contributed by atoms with Gasteiger partial charge in [0.1, 0.15) is 12.4 Å². The van der Waals surface area contributed by atoms with Gasteiger partial charge in [-0.3, -0.25) is 9.78 Å². The summed E-state index contributed by atoms with van der Waals surface area (Å²) < 4.78 is 5.76. The van der Waals surface area contributed by atoms with E-state index >= 15 is 0 Å². The zero-order chi connectivity index (χ0) is 20.6. The Bertz CT molecular complexity index is 1170. The number of H-pyrrole nitrogens is 1. The fourth-order valence-corrected chi connectivity index (χ4v) is 2.73. The molecule has 0 atom stereocenters. The van der Waals surface area contributed by atoms with Gasteiger partial charge in [-0.05, 0) is 35.4 Å². The van der Waals surface area contributed by atoms with Crippen molar-refractivity contribution in [1.82, 2.24) is 15.2 Å². The number of aromatic amines is 1. The molecular weight excluding hydrogens is 378 g/mol. The van der Waals surface area contributed by atoms with Crippen molar-refractivity contribution in [3.8, 4) is 17.0 Å². The molecule has 3 aromatic carbocycles. The van der Waals surface area contributed by atoms with Crippen LogP contribution in [-0.4, -0.2) is 21.4 Å². The molecule has 0 fully saturated rings. The first-order chi connectivity index (χ1) is 14.8. The van der Waals surface area contributed by atoms with Crippen LogP contribution in [0, 0.1) is 0 Å². The molecule has 0 aliphatic carbocycles. The van der Waals surface area contributed by atoms with E-state index in [1.54, 1.807) is 18.3 Å².